The number of aliphatic hydroxyl groups is 1. The Morgan fingerprint density at radius 1 is 0.971 bits per heavy atom. The quantitative estimate of drug-likeness (QED) is 0.327. The molecule has 1 saturated heterocycles. The highest BCUT2D eigenvalue weighted by Crippen LogP contribution is 2.47. The van der Waals surface area contributed by atoms with E-state index in [2.05, 4.69) is 0 Å². The van der Waals surface area contributed by atoms with Crippen LogP contribution < -0.4 is 14.4 Å². The van der Waals surface area contributed by atoms with E-state index in [0.717, 1.165) is 11.1 Å². The number of aryl methyl sites for hydroxylation is 2. The minimum absolute atomic E-state index is 0.0610. The lowest BCUT2D eigenvalue weighted by molar-refractivity contribution is -0.132. The zero-order valence-electron chi connectivity index (χ0n) is 19.8. The highest BCUT2D eigenvalue weighted by atomic mass is 16.5. The monoisotopic (exact) mass is 468 g/mol. The number of benzene rings is 3. The molecule has 1 unspecified atom stereocenters. The minimum Gasteiger partial charge on any atom is -0.507 e. The van der Waals surface area contributed by atoms with Crippen molar-refractivity contribution >= 4 is 23.1 Å². The molecule has 1 atom stereocenters. The summed E-state index contributed by atoms with van der Waals surface area (Å²) in [5.41, 5.74) is 3.63. The van der Waals surface area contributed by atoms with Crippen LogP contribution in [0.1, 0.15) is 33.9 Å². The van der Waals surface area contributed by atoms with Crippen molar-refractivity contribution in [1.29, 1.82) is 5.26 Å². The Labute approximate surface area is 203 Å². The maximum absolute atomic E-state index is 13.4. The third-order valence-corrected chi connectivity index (χ3v) is 6.23. The van der Waals surface area contributed by atoms with E-state index in [0.29, 0.717) is 33.9 Å². The van der Waals surface area contributed by atoms with Crippen molar-refractivity contribution in [2.45, 2.75) is 19.9 Å². The maximum atomic E-state index is 13.4. The van der Waals surface area contributed by atoms with Gasteiger partial charge in [0.25, 0.3) is 11.7 Å². The first-order chi connectivity index (χ1) is 16.8. The van der Waals surface area contributed by atoms with Gasteiger partial charge in [-0.25, -0.2) is 0 Å². The van der Waals surface area contributed by atoms with E-state index in [4.69, 9.17) is 9.47 Å². The van der Waals surface area contributed by atoms with E-state index in [1.54, 1.807) is 54.6 Å². The average Bonchev–Trinajstić information content (AvgIpc) is 3.14. The van der Waals surface area contributed by atoms with Gasteiger partial charge in [-0.05, 0) is 61.4 Å². The summed E-state index contributed by atoms with van der Waals surface area (Å²) in [6.45, 7) is 3.86. The summed E-state index contributed by atoms with van der Waals surface area (Å²) in [7, 11) is 2.97. The third-order valence-electron chi connectivity index (χ3n) is 6.23. The van der Waals surface area contributed by atoms with Crippen molar-refractivity contribution in [3.8, 4) is 17.6 Å². The fourth-order valence-electron chi connectivity index (χ4n) is 4.26. The predicted molar refractivity (Wildman–Crippen MR) is 131 cm³/mol. The number of carbonyl (C=O) groups excluding carboxylic acids is 2. The molecule has 4 rings (SSSR count). The molecule has 176 valence electrons. The van der Waals surface area contributed by atoms with Crippen molar-refractivity contribution in [2.24, 2.45) is 0 Å². The van der Waals surface area contributed by atoms with Gasteiger partial charge in [0.05, 0.1) is 37.5 Å². The molecule has 0 bridgehead atoms. The van der Waals surface area contributed by atoms with Gasteiger partial charge in [0.15, 0.2) is 11.5 Å². The Kier molecular flexibility index (Phi) is 6.30. The van der Waals surface area contributed by atoms with Crippen molar-refractivity contribution in [1.82, 2.24) is 0 Å². The Morgan fingerprint density at radius 2 is 1.69 bits per heavy atom. The summed E-state index contributed by atoms with van der Waals surface area (Å²) in [5.74, 6) is -1.14. The topological polar surface area (TPSA) is 99.9 Å². The van der Waals surface area contributed by atoms with Gasteiger partial charge in [0, 0.05) is 16.8 Å². The SMILES string of the molecule is COc1cccc(C2/C(=C(/O)c3ccc(C)c(C)c3)C(=O)C(=O)N2c2ccc(C#N)cc2)c1OC. The van der Waals surface area contributed by atoms with Crippen molar-refractivity contribution in [2.75, 3.05) is 19.1 Å². The number of hydrogen-bond donors (Lipinski definition) is 1. The molecular weight excluding hydrogens is 444 g/mol. The smallest absolute Gasteiger partial charge is 0.300 e. The molecule has 1 fully saturated rings. The van der Waals surface area contributed by atoms with Crippen LogP contribution in [-0.4, -0.2) is 31.0 Å². The van der Waals surface area contributed by atoms with Gasteiger partial charge in [-0.3, -0.25) is 14.5 Å². The maximum Gasteiger partial charge on any atom is 0.300 e. The number of methoxy groups -OCH3 is 2. The number of para-hydroxylation sites is 1. The fourth-order valence-corrected chi connectivity index (χ4v) is 4.26. The molecular formula is C28H24N2O5. The molecule has 7 heteroatoms. The number of aliphatic hydroxyl groups excluding tert-OH is 1. The molecule has 0 spiro atoms. The third kappa shape index (κ3) is 4.00. The number of amides is 1. The summed E-state index contributed by atoms with van der Waals surface area (Å²) >= 11 is 0. The number of carbonyl (C=O) groups is 2. The molecule has 3 aromatic carbocycles. The summed E-state index contributed by atoms with van der Waals surface area (Å²) in [5, 5.41) is 20.5. The van der Waals surface area contributed by atoms with Crippen LogP contribution in [-0.2, 0) is 9.59 Å². The number of nitriles is 1. The minimum atomic E-state index is -0.991. The van der Waals surface area contributed by atoms with Crippen LogP contribution in [0.3, 0.4) is 0 Å². The standard InChI is InChI=1S/C28H24N2O5/c1-16-8-11-19(14-17(16)2)25(31)23-24(21-6-5-7-22(34-3)27(21)35-4)30(28(33)26(23)32)20-12-9-18(15-29)10-13-20/h5-14,24,31H,1-4H3/b25-23-. The highest BCUT2D eigenvalue weighted by molar-refractivity contribution is 6.51. The first-order valence-corrected chi connectivity index (χ1v) is 10.9. The van der Waals surface area contributed by atoms with E-state index in [1.165, 1.54) is 19.1 Å². The molecule has 0 aromatic heterocycles. The number of nitrogens with zero attached hydrogens (tertiary/aromatic N) is 2. The molecule has 1 N–H and O–H groups in total. The van der Waals surface area contributed by atoms with Gasteiger partial charge in [0.2, 0.25) is 0 Å². The second-order valence-electron chi connectivity index (χ2n) is 8.21. The molecule has 0 saturated carbocycles. The summed E-state index contributed by atoms with van der Waals surface area (Å²) in [6, 6.07) is 17.9. The molecule has 1 aliphatic rings. The lowest BCUT2D eigenvalue weighted by atomic mass is 9.93. The fraction of sp³-hybridized carbons (Fsp3) is 0.179. The first-order valence-electron chi connectivity index (χ1n) is 10.9. The molecule has 1 heterocycles. The van der Waals surface area contributed by atoms with Gasteiger partial charge in [-0.15, -0.1) is 0 Å². The number of ketones is 1. The van der Waals surface area contributed by atoms with Crippen LogP contribution in [0.15, 0.2) is 66.2 Å². The molecule has 1 aliphatic heterocycles. The Bertz CT molecular complexity index is 1400. The van der Waals surface area contributed by atoms with Crippen LogP contribution in [0.5, 0.6) is 11.5 Å². The normalized spacial score (nSPS) is 16.8. The van der Waals surface area contributed by atoms with Crippen molar-refractivity contribution in [3.05, 3.63) is 94.1 Å². The van der Waals surface area contributed by atoms with Crippen LogP contribution in [0.2, 0.25) is 0 Å². The summed E-state index contributed by atoms with van der Waals surface area (Å²) in [6.07, 6.45) is 0. The zero-order chi connectivity index (χ0) is 25.3. The summed E-state index contributed by atoms with van der Waals surface area (Å²) in [4.78, 5) is 28.1. The molecule has 7 nitrogen and oxygen atoms in total. The first kappa shape index (κ1) is 23.6. The Morgan fingerprint density at radius 3 is 2.29 bits per heavy atom. The molecule has 1 amide bonds. The number of hydrogen-bond acceptors (Lipinski definition) is 6. The largest absolute Gasteiger partial charge is 0.507 e. The average molecular weight is 469 g/mol. The second-order valence-corrected chi connectivity index (χ2v) is 8.21. The van der Waals surface area contributed by atoms with Gasteiger partial charge >= 0.3 is 0 Å². The molecule has 0 aliphatic carbocycles. The van der Waals surface area contributed by atoms with E-state index in [9.17, 15) is 20.0 Å². The number of anilines is 1. The van der Waals surface area contributed by atoms with E-state index in [-0.39, 0.29) is 11.3 Å². The Hall–Kier alpha value is -4.57. The second kappa shape index (κ2) is 9.35. The van der Waals surface area contributed by atoms with Crippen molar-refractivity contribution < 1.29 is 24.2 Å². The number of Topliss-reactive ketones (excluding diaryl/α,β-unsaturated/α-hetero) is 1. The zero-order valence-corrected chi connectivity index (χ0v) is 19.8. The summed E-state index contributed by atoms with van der Waals surface area (Å²) < 4.78 is 11.1. The van der Waals surface area contributed by atoms with E-state index >= 15 is 0 Å². The van der Waals surface area contributed by atoms with Crippen LogP contribution >= 0.6 is 0 Å². The molecule has 35 heavy (non-hydrogen) atoms. The van der Waals surface area contributed by atoms with Crippen LogP contribution in [0.4, 0.5) is 5.69 Å². The van der Waals surface area contributed by atoms with Gasteiger partial charge in [0.1, 0.15) is 5.76 Å². The van der Waals surface area contributed by atoms with Gasteiger partial charge < -0.3 is 14.6 Å². The van der Waals surface area contributed by atoms with Crippen LogP contribution in [0, 0.1) is 25.2 Å². The van der Waals surface area contributed by atoms with E-state index in [1.807, 2.05) is 26.0 Å². The van der Waals surface area contributed by atoms with E-state index < -0.39 is 17.7 Å². The number of rotatable bonds is 5. The lowest BCUT2D eigenvalue weighted by Gasteiger charge is -2.27. The predicted octanol–water partition coefficient (Wildman–Crippen LogP) is 4.82. The van der Waals surface area contributed by atoms with Crippen LogP contribution in [0.25, 0.3) is 5.76 Å². The van der Waals surface area contributed by atoms with Crippen molar-refractivity contribution in [3.63, 3.8) is 0 Å². The Balaban J connectivity index is 2.01. The molecule has 3 aromatic rings. The number of ether oxygens (including phenoxy) is 2. The van der Waals surface area contributed by atoms with Gasteiger partial charge in [-0.2, -0.15) is 5.26 Å². The lowest BCUT2D eigenvalue weighted by Crippen LogP contribution is -2.29. The van der Waals surface area contributed by atoms with Gasteiger partial charge in [-0.1, -0.05) is 24.3 Å². The molecule has 0 radical (unpaired) electrons. The highest BCUT2D eigenvalue weighted by Gasteiger charge is 2.48.